The number of furan rings is 1. The summed E-state index contributed by atoms with van der Waals surface area (Å²) in [4.78, 5) is 23.9. The maximum atomic E-state index is 11.9. The molecule has 0 atom stereocenters. The summed E-state index contributed by atoms with van der Waals surface area (Å²) in [6, 6.07) is 0. The SMILES string of the molecule is CC1=C(C)C(=O)c2c(C)oc(C)c2C1=O. The second-order valence-electron chi connectivity index (χ2n) is 3.87. The Bertz CT molecular complexity index is 471. The minimum absolute atomic E-state index is 0.0866. The zero-order chi connectivity index (χ0) is 11.3. The summed E-state index contributed by atoms with van der Waals surface area (Å²) in [5, 5.41) is 0. The van der Waals surface area contributed by atoms with Crippen LogP contribution >= 0.6 is 0 Å². The van der Waals surface area contributed by atoms with Gasteiger partial charge in [0.2, 0.25) is 0 Å². The minimum atomic E-state index is -0.0866. The van der Waals surface area contributed by atoms with Crippen LogP contribution in [0.4, 0.5) is 0 Å². The largest absolute Gasteiger partial charge is 0.465 e. The standard InChI is InChI=1S/C12H12O3/c1-5-6(2)12(14)10-8(4)15-7(3)9(10)11(5)13/h1-4H3. The Morgan fingerprint density at radius 1 is 0.733 bits per heavy atom. The molecule has 1 aliphatic carbocycles. The highest BCUT2D eigenvalue weighted by Crippen LogP contribution is 2.32. The molecule has 1 heterocycles. The Morgan fingerprint density at radius 3 is 1.40 bits per heavy atom. The lowest BCUT2D eigenvalue weighted by Gasteiger charge is -2.13. The van der Waals surface area contributed by atoms with Crippen LogP contribution < -0.4 is 0 Å². The Kier molecular flexibility index (Phi) is 1.93. The average Bonchev–Trinajstić information content (AvgIpc) is 2.47. The highest BCUT2D eigenvalue weighted by molar-refractivity contribution is 6.27. The lowest BCUT2D eigenvalue weighted by Crippen LogP contribution is -2.19. The van der Waals surface area contributed by atoms with Crippen molar-refractivity contribution in [3.63, 3.8) is 0 Å². The number of Topliss-reactive ketones (excluding diaryl/α,β-unsaturated/α-hetero) is 2. The second kappa shape index (κ2) is 2.92. The Morgan fingerprint density at radius 2 is 1.07 bits per heavy atom. The van der Waals surface area contributed by atoms with Crippen molar-refractivity contribution >= 4 is 11.6 Å². The van der Waals surface area contributed by atoms with Gasteiger partial charge in [0.15, 0.2) is 11.6 Å². The van der Waals surface area contributed by atoms with Crippen molar-refractivity contribution in [2.24, 2.45) is 0 Å². The van der Waals surface area contributed by atoms with Crippen LogP contribution in [0.2, 0.25) is 0 Å². The fourth-order valence-corrected chi connectivity index (χ4v) is 1.95. The van der Waals surface area contributed by atoms with E-state index in [-0.39, 0.29) is 11.6 Å². The molecule has 1 aliphatic rings. The third kappa shape index (κ3) is 1.12. The molecule has 0 saturated carbocycles. The number of hydrogen-bond acceptors (Lipinski definition) is 3. The predicted molar refractivity (Wildman–Crippen MR) is 55.2 cm³/mol. The lowest BCUT2D eigenvalue weighted by molar-refractivity contribution is 0.0975. The van der Waals surface area contributed by atoms with Crippen LogP contribution in [0.25, 0.3) is 0 Å². The number of allylic oxidation sites excluding steroid dienone is 2. The van der Waals surface area contributed by atoms with Crippen molar-refractivity contribution in [3.05, 3.63) is 33.8 Å². The molecule has 78 valence electrons. The highest BCUT2D eigenvalue weighted by Gasteiger charge is 2.33. The van der Waals surface area contributed by atoms with Crippen molar-refractivity contribution in [1.29, 1.82) is 0 Å². The molecule has 0 aliphatic heterocycles. The summed E-state index contributed by atoms with van der Waals surface area (Å²) in [5.74, 6) is 0.897. The van der Waals surface area contributed by atoms with Gasteiger partial charge in [0, 0.05) is 11.1 Å². The van der Waals surface area contributed by atoms with Gasteiger partial charge in [0.1, 0.15) is 11.5 Å². The first-order chi connectivity index (χ1) is 6.95. The quantitative estimate of drug-likeness (QED) is 0.652. The molecule has 0 spiro atoms. The van der Waals surface area contributed by atoms with Crippen molar-refractivity contribution < 1.29 is 14.0 Å². The number of aryl methyl sites for hydroxylation is 2. The van der Waals surface area contributed by atoms with Gasteiger partial charge in [-0.2, -0.15) is 0 Å². The molecule has 0 bridgehead atoms. The average molecular weight is 204 g/mol. The fourth-order valence-electron chi connectivity index (χ4n) is 1.95. The Hall–Kier alpha value is -1.64. The summed E-state index contributed by atoms with van der Waals surface area (Å²) in [6.45, 7) is 6.79. The fraction of sp³-hybridized carbons (Fsp3) is 0.333. The summed E-state index contributed by atoms with van der Waals surface area (Å²) in [5.41, 5.74) is 1.94. The van der Waals surface area contributed by atoms with Crippen molar-refractivity contribution in [2.75, 3.05) is 0 Å². The Balaban J connectivity index is 2.81. The normalized spacial score (nSPS) is 16.0. The molecule has 0 unspecified atom stereocenters. The third-order valence-corrected chi connectivity index (χ3v) is 2.96. The first kappa shape index (κ1) is 9.90. The summed E-state index contributed by atoms with van der Waals surface area (Å²) >= 11 is 0. The third-order valence-electron chi connectivity index (χ3n) is 2.96. The number of carbonyl (C=O) groups is 2. The van der Waals surface area contributed by atoms with Gasteiger partial charge in [-0.05, 0) is 27.7 Å². The molecule has 0 radical (unpaired) electrons. The van der Waals surface area contributed by atoms with E-state index in [1.807, 2.05) is 0 Å². The van der Waals surface area contributed by atoms with E-state index in [1.165, 1.54) is 0 Å². The van der Waals surface area contributed by atoms with Crippen LogP contribution in [0.5, 0.6) is 0 Å². The van der Waals surface area contributed by atoms with Crippen LogP contribution in [0, 0.1) is 13.8 Å². The summed E-state index contributed by atoms with van der Waals surface area (Å²) in [6.07, 6.45) is 0. The number of fused-ring (bicyclic) bond motifs is 1. The van der Waals surface area contributed by atoms with Crippen molar-refractivity contribution in [2.45, 2.75) is 27.7 Å². The minimum Gasteiger partial charge on any atom is -0.465 e. The number of hydrogen-bond donors (Lipinski definition) is 0. The molecular weight excluding hydrogens is 192 g/mol. The van der Waals surface area contributed by atoms with Gasteiger partial charge in [-0.25, -0.2) is 0 Å². The highest BCUT2D eigenvalue weighted by atomic mass is 16.3. The predicted octanol–water partition coefficient (Wildman–Crippen LogP) is 2.61. The van der Waals surface area contributed by atoms with E-state index >= 15 is 0 Å². The second-order valence-corrected chi connectivity index (χ2v) is 3.87. The maximum absolute atomic E-state index is 11.9. The van der Waals surface area contributed by atoms with Gasteiger partial charge in [0.05, 0.1) is 11.1 Å². The van der Waals surface area contributed by atoms with E-state index in [9.17, 15) is 9.59 Å². The van der Waals surface area contributed by atoms with Gasteiger partial charge >= 0.3 is 0 Å². The molecular formula is C12H12O3. The van der Waals surface area contributed by atoms with E-state index in [4.69, 9.17) is 4.42 Å². The van der Waals surface area contributed by atoms with Crippen LogP contribution in [-0.4, -0.2) is 11.6 Å². The van der Waals surface area contributed by atoms with Gasteiger partial charge in [-0.3, -0.25) is 9.59 Å². The summed E-state index contributed by atoms with van der Waals surface area (Å²) in [7, 11) is 0. The Labute approximate surface area is 87.8 Å². The molecule has 1 aromatic rings. The molecule has 0 fully saturated rings. The van der Waals surface area contributed by atoms with E-state index < -0.39 is 0 Å². The van der Waals surface area contributed by atoms with Crippen LogP contribution in [0.1, 0.15) is 46.1 Å². The molecule has 15 heavy (non-hydrogen) atoms. The maximum Gasteiger partial charge on any atom is 0.193 e. The smallest absolute Gasteiger partial charge is 0.193 e. The van der Waals surface area contributed by atoms with E-state index in [0.29, 0.717) is 33.8 Å². The zero-order valence-corrected chi connectivity index (χ0v) is 9.22. The van der Waals surface area contributed by atoms with Gasteiger partial charge in [0.25, 0.3) is 0 Å². The van der Waals surface area contributed by atoms with E-state index in [2.05, 4.69) is 0 Å². The zero-order valence-electron chi connectivity index (χ0n) is 9.22. The monoisotopic (exact) mass is 204 g/mol. The molecule has 3 heteroatoms. The van der Waals surface area contributed by atoms with Crippen molar-refractivity contribution in [3.8, 4) is 0 Å². The van der Waals surface area contributed by atoms with Crippen LogP contribution in [0.3, 0.4) is 0 Å². The summed E-state index contributed by atoms with van der Waals surface area (Å²) < 4.78 is 5.34. The first-order valence-corrected chi connectivity index (χ1v) is 4.82. The molecule has 2 rings (SSSR count). The molecule has 0 saturated heterocycles. The number of carbonyl (C=O) groups excluding carboxylic acids is 2. The lowest BCUT2D eigenvalue weighted by atomic mass is 9.86. The molecule has 0 aromatic carbocycles. The topological polar surface area (TPSA) is 47.3 Å². The van der Waals surface area contributed by atoms with Gasteiger partial charge < -0.3 is 4.42 Å². The van der Waals surface area contributed by atoms with E-state index in [0.717, 1.165) is 0 Å². The van der Waals surface area contributed by atoms with Crippen LogP contribution in [0.15, 0.2) is 15.6 Å². The van der Waals surface area contributed by atoms with E-state index in [1.54, 1.807) is 27.7 Å². The van der Waals surface area contributed by atoms with Gasteiger partial charge in [-0.1, -0.05) is 0 Å². The van der Waals surface area contributed by atoms with Crippen molar-refractivity contribution in [1.82, 2.24) is 0 Å². The molecule has 1 aromatic heterocycles. The molecule has 3 nitrogen and oxygen atoms in total. The van der Waals surface area contributed by atoms with Gasteiger partial charge in [-0.15, -0.1) is 0 Å². The number of ketones is 2. The molecule has 0 N–H and O–H groups in total. The van der Waals surface area contributed by atoms with Crippen LogP contribution in [-0.2, 0) is 0 Å². The number of rotatable bonds is 0. The first-order valence-electron chi connectivity index (χ1n) is 4.82. The molecule has 0 amide bonds.